The van der Waals surface area contributed by atoms with Crippen LogP contribution in [0.3, 0.4) is 0 Å². The minimum absolute atomic E-state index is 0. The molecule has 3 N–H and O–H groups in total. The average Bonchev–Trinajstić information content (AvgIpc) is 2.68. The lowest BCUT2D eigenvalue weighted by molar-refractivity contribution is -0.139. The third-order valence-electron chi connectivity index (χ3n) is 5.17. The summed E-state index contributed by atoms with van der Waals surface area (Å²) in [5.41, 5.74) is 9.58. The maximum atomic E-state index is 11.7. The number of ether oxygens (including phenoxy) is 1. The van der Waals surface area contributed by atoms with Gasteiger partial charge in [0.15, 0.2) is 0 Å². The van der Waals surface area contributed by atoms with E-state index in [0.717, 1.165) is 28.7 Å². The zero-order valence-electron chi connectivity index (χ0n) is 15.5. The van der Waals surface area contributed by atoms with Gasteiger partial charge >= 0.3 is 5.97 Å². The number of nitrogens with two attached hydrogens (primary N) is 1. The lowest BCUT2D eigenvalue weighted by atomic mass is 9.79. The van der Waals surface area contributed by atoms with E-state index in [9.17, 15) is 9.90 Å². The van der Waals surface area contributed by atoms with Crippen LogP contribution < -0.4 is 10.5 Å². The number of benzene rings is 3. The molecular weight excluding hydrogens is 409 g/mol. The summed E-state index contributed by atoms with van der Waals surface area (Å²) >= 11 is 6.36. The van der Waals surface area contributed by atoms with Crippen molar-refractivity contribution in [3.63, 3.8) is 0 Å². The van der Waals surface area contributed by atoms with E-state index in [1.165, 1.54) is 0 Å². The first-order chi connectivity index (χ1) is 13.5. The molecule has 29 heavy (non-hydrogen) atoms. The van der Waals surface area contributed by atoms with Crippen molar-refractivity contribution in [2.75, 3.05) is 0 Å². The van der Waals surface area contributed by atoms with Gasteiger partial charge in [-0.05, 0) is 48.2 Å². The van der Waals surface area contributed by atoms with E-state index in [2.05, 4.69) is 0 Å². The van der Waals surface area contributed by atoms with Crippen molar-refractivity contribution >= 4 is 30.0 Å². The molecule has 0 aliphatic heterocycles. The molecule has 0 amide bonds. The van der Waals surface area contributed by atoms with Crippen LogP contribution in [-0.4, -0.2) is 17.1 Å². The maximum Gasteiger partial charge on any atom is 0.312 e. The molecule has 0 radical (unpaired) electrons. The number of aliphatic carboxylic acids is 1. The van der Waals surface area contributed by atoms with Crippen LogP contribution in [0, 0.1) is 0 Å². The molecule has 0 saturated heterocycles. The summed E-state index contributed by atoms with van der Waals surface area (Å²) in [4.78, 5) is 11.7. The number of para-hydroxylation sites is 1. The third kappa shape index (κ3) is 4.25. The largest absolute Gasteiger partial charge is 0.481 e. The van der Waals surface area contributed by atoms with Gasteiger partial charge in [0.25, 0.3) is 0 Å². The molecular formula is C23H21Cl2NO3. The summed E-state index contributed by atoms with van der Waals surface area (Å²) in [6, 6.07) is 20.5. The highest BCUT2D eigenvalue weighted by Crippen LogP contribution is 2.39. The number of rotatable bonds is 4. The highest BCUT2D eigenvalue weighted by molar-refractivity contribution is 6.33. The maximum absolute atomic E-state index is 11.7. The van der Waals surface area contributed by atoms with Gasteiger partial charge in [0, 0.05) is 22.2 Å². The second-order valence-electron chi connectivity index (χ2n) is 6.96. The molecule has 0 aromatic heterocycles. The highest BCUT2D eigenvalue weighted by Gasteiger charge is 2.33. The predicted octanol–water partition coefficient (Wildman–Crippen LogP) is 5.66. The van der Waals surface area contributed by atoms with Crippen LogP contribution >= 0.6 is 24.0 Å². The first-order valence-corrected chi connectivity index (χ1v) is 9.55. The standard InChI is InChI=1S/C23H20ClNO3.ClH/c24-19-7-3-1-5-16(19)17-6-2-4-8-21(17)28-15-11-9-14-10-12-20(25)22(23(26)27)18(14)13-15;/h1-9,11,13,20,22H,10,12,25H2,(H,26,27);1H. The van der Waals surface area contributed by atoms with Gasteiger partial charge in [0.1, 0.15) is 11.5 Å². The van der Waals surface area contributed by atoms with E-state index < -0.39 is 17.9 Å². The SMILES string of the molecule is Cl.NC1CCc2ccc(Oc3ccccc3-c3ccccc3Cl)cc2C1C(=O)O. The van der Waals surface area contributed by atoms with Gasteiger partial charge in [0.2, 0.25) is 0 Å². The van der Waals surface area contributed by atoms with E-state index in [0.29, 0.717) is 22.9 Å². The topological polar surface area (TPSA) is 72.5 Å². The van der Waals surface area contributed by atoms with Gasteiger partial charge in [0.05, 0.1) is 5.92 Å². The minimum Gasteiger partial charge on any atom is -0.481 e. The zero-order valence-corrected chi connectivity index (χ0v) is 17.1. The predicted molar refractivity (Wildman–Crippen MR) is 117 cm³/mol. The Morgan fingerprint density at radius 2 is 1.72 bits per heavy atom. The fourth-order valence-electron chi connectivity index (χ4n) is 3.77. The number of carboxylic acids is 1. The van der Waals surface area contributed by atoms with Crippen LogP contribution in [0.5, 0.6) is 11.5 Å². The molecule has 2 unspecified atom stereocenters. The Morgan fingerprint density at radius 1 is 1.03 bits per heavy atom. The average molecular weight is 430 g/mol. The quantitative estimate of drug-likeness (QED) is 0.560. The molecule has 4 nitrogen and oxygen atoms in total. The molecule has 6 heteroatoms. The number of fused-ring (bicyclic) bond motifs is 1. The second kappa shape index (κ2) is 8.87. The van der Waals surface area contributed by atoms with Crippen LogP contribution in [-0.2, 0) is 11.2 Å². The molecule has 2 atom stereocenters. The summed E-state index contributed by atoms with van der Waals surface area (Å²) in [6.07, 6.45) is 1.44. The van der Waals surface area contributed by atoms with Crippen LogP contribution in [0.4, 0.5) is 0 Å². The Bertz CT molecular complexity index is 1040. The van der Waals surface area contributed by atoms with Crippen LogP contribution in [0.2, 0.25) is 5.02 Å². The zero-order chi connectivity index (χ0) is 19.7. The summed E-state index contributed by atoms with van der Waals surface area (Å²) in [5, 5.41) is 10.3. The molecule has 1 aliphatic carbocycles. The molecule has 4 rings (SSSR count). The van der Waals surface area contributed by atoms with Crippen LogP contribution in [0.15, 0.2) is 66.7 Å². The molecule has 3 aromatic rings. The number of hydrogen-bond donors (Lipinski definition) is 2. The van der Waals surface area contributed by atoms with Gasteiger partial charge in [-0.15, -0.1) is 12.4 Å². The van der Waals surface area contributed by atoms with Gasteiger partial charge in [-0.2, -0.15) is 0 Å². The lowest BCUT2D eigenvalue weighted by Crippen LogP contribution is -2.37. The number of carbonyl (C=O) groups is 1. The van der Waals surface area contributed by atoms with Crippen molar-refractivity contribution in [2.24, 2.45) is 5.73 Å². The van der Waals surface area contributed by atoms with Crippen molar-refractivity contribution < 1.29 is 14.6 Å². The summed E-state index contributed by atoms with van der Waals surface area (Å²) < 4.78 is 6.16. The molecule has 1 aliphatic rings. The Labute approximate surface area is 180 Å². The van der Waals surface area contributed by atoms with Gasteiger partial charge in [-0.1, -0.05) is 54.1 Å². The van der Waals surface area contributed by atoms with Crippen molar-refractivity contribution in [2.45, 2.75) is 24.8 Å². The molecule has 0 bridgehead atoms. The monoisotopic (exact) mass is 429 g/mol. The summed E-state index contributed by atoms with van der Waals surface area (Å²) in [5.74, 6) is -0.380. The smallest absolute Gasteiger partial charge is 0.312 e. The molecule has 0 saturated carbocycles. The van der Waals surface area contributed by atoms with Crippen molar-refractivity contribution in [3.05, 3.63) is 82.9 Å². The number of halogens is 2. The number of carboxylic acid groups (broad SMARTS) is 1. The van der Waals surface area contributed by atoms with E-state index in [-0.39, 0.29) is 12.4 Å². The Balaban J connectivity index is 0.00000240. The van der Waals surface area contributed by atoms with E-state index in [1.807, 2.05) is 60.7 Å². The summed E-state index contributed by atoms with van der Waals surface area (Å²) in [6.45, 7) is 0. The molecule has 0 fully saturated rings. The van der Waals surface area contributed by atoms with E-state index in [4.69, 9.17) is 22.1 Å². The fourth-order valence-corrected chi connectivity index (χ4v) is 4.01. The molecule has 150 valence electrons. The number of hydrogen-bond acceptors (Lipinski definition) is 3. The van der Waals surface area contributed by atoms with Crippen molar-refractivity contribution in [3.8, 4) is 22.6 Å². The van der Waals surface area contributed by atoms with E-state index in [1.54, 1.807) is 6.07 Å². The molecule has 3 aromatic carbocycles. The molecule has 0 heterocycles. The van der Waals surface area contributed by atoms with Crippen molar-refractivity contribution in [1.29, 1.82) is 0 Å². The molecule has 0 spiro atoms. The normalized spacial score (nSPS) is 17.7. The summed E-state index contributed by atoms with van der Waals surface area (Å²) in [7, 11) is 0. The fraction of sp³-hybridized carbons (Fsp3) is 0.174. The first kappa shape index (κ1) is 21.2. The lowest BCUT2D eigenvalue weighted by Gasteiger charge is -2.28. The third-order valence-corrected chi connectivity index (χ3v) is 5.50. The van der Waals surface area contributed by atoms with Gasteiger partial charge in [-0.25, -0.2) is 0 Å². The van der Waals surface area contributed by atoms with Crippen LogP contribution in [0.1, 0.15) is 23.5 Å². The van der Waals surface area contributed by atoms with E-state index >= 15 is 0 Å². The van der Waals surface area contributed by atoms with Crippen LogP contribution in [0.25, 0.3) is 11.1 Å². The van der Waals surface area contributed by atoms with Crippen molar-refractivity contribution in [1.82, 2.24) is 0 Å². The Kier molecular flexibility index (Phi) is 6.48. The Morgan fingerprint density at radius 3 is 2.45 bits per heavy atom. The first-order valence-electron chi connectivity index (χ1n) is 9.17. The Hall–Kier alpha value is -2.53. The van der Waals surface area contributed by atoms with Gasteiger partial charge < -0.3 is 15.6 Å². The minimum atomic E-state index is -0.901. The van der Waals surface area contributed by atoms with Gasteiger partial charge in [-0.3, -0.25) is 4.79 Å². The number of aryl methyl sites for hydroxylation is 1. The second-order valence-corrected chi connectivity index (χ2v) is 7.36. The highest BCUT2D eigenvalue weighted by atomic mass is 35.5.